The molecule has 0 saturated heterocycles. The van der Waals surface area contributed by atoms with Gasteiger partial charge in [-0.25, -0.2) is 17.2 Å². The van der Waals surface area contributed by atoms with Crippen molar-refractivity contribution in [3.05, 3.63) is 46.9 Å². The Bertz CT molecular complexity index is 601. The standard InChI is InChI=1S/C12H13F2NO3S/c13-8-1-2-11(14)10(5-8)12(16)6-15-9-3-4-19(17,18)7-9/h1-5,9,12,15-16H,6-7H2. The summed E-state index contributed by atoms with van der Waals surface area (Å²) in [7, 11) is -3.18. The highest BCUT2D eigenvalue weighted by atomic mass is 32.2. The second-order valence-corrected chi connectivity index (χ2v) is 6.29. The quantitative estimate of drug-likeness (QED) is 0.864. The molecule has 0 aliphatic carbocycles. The number of halogens is 2. The smallest absolute Gasteiger partial charge is 0.173 e. The molecular weight excluding hydrogens is 276 g/mol. The van der Waals surface area contributed by atoms with Gasteiger partial charge in [-0.1, -0.05) is 6.08 Å². The van der Waals surface area contributed by atoms with Crippen LogP contribution in [0.5, 0.6) is 0 Å². The third-order valence-electron chi connectivity index (χ3n) is 2.82. The molecule has 2 unspecified atom stereocenters. The van der Waals surface area contributed by atoms with Gasteiger partial charge in [-0.05, 0) is 18.2 Å². The highest BCUT2D eigenvalue weighted by Crippen LogP contribution is 2.18. The zero-order valence-electron chi connectivity index (χ0n) is 9.88. The summed E-state index contributed by atoms with van der Waals surface area (Å²) >= 11 is 0. The van der Waals surface area contributed by atoms with Gasteiger partial charge in [0.05, 0.1) is 11.9 Å². The van der Waals surface area contributed by atoms with Crippen molar-refractivity contribution in [1.29, 1.82) is 0 Å². The maximum atomic E-state index is 13.4. The summed E-state index contributed by atoms with van der Waals surface area (Å²) in [6.45, 7) is -0.0646. The van der Waals surface area contributed by atoms with E-state index in [9.17, 15) is 22.3 Å². The monoisotopic (exact) mass is 289 g/mol. The first-order chi connectivity index (χ1) is 8.87. The minimum absolute atomic E-state index is 0.0646. The number of aliphatic hydroxyl groups is 1. The highest BCUT2D eigenvalue weighted by molar-refractivity contribution is 7.94. The minimum Gasteiger partial charge on any atom is -0.387 e. The normalized spacial score (nSPS) is 22.6. The van der Waals surface area contributed by atoms with Gasteiger partial charge >= 0.3 is 0 Å². The van der Waals surface area contributed by atoms with Crippen molar-refractivity contribution >= 4 is 9.84 Å². The molecule has 0 bridgehead atoms. The summed E-state index contributed by atoms with van der Waals surface area (Å²) in [6.07, 6.45) is 0.219. The molecule has 0 amide bonds. The molecule has 4 nitrogen and oxygen atoms in total. The van der Waals surface area contributed by atoms with E-state index in [4.69, 9.17) is 0 Å². The lowest BCUT2D eigenvalue weighted by Gasteiger charge is -2.15. The number of sulfone groups is 1. The summed E-state index contributed by atoms with van der Waals surface area (Å²) < 4.78 is 48.7. The Morgan fingerprint density at radius 1 is 1.42 bits per heavy atom. The second-order valence-electron chi connectivity index (χ2n) is 4.35. The molecule has 0 radical (unpaired) electrons. The van der Waals surface area contributed by atoms with Crippen LogP contribution < -0.4 is 5.32 Å². The Labute approximate surface area is 109 Å². The Morgan fingerprint density at radius 2 is 2.16 bits per heavy atom. The van der Waals surface area contributed by atoms with Crippen molar-refractivity contribution in [1.82, 2.24) is 5.32 Å². The largest absolute Gasteiger partial charge is 0.387 e. The highest BCUT2D eigenvalue weighted by Gasteiger charge is 2.22. The maximum Gasteiger partial charge on any atom is 0.173 e. The lowest BCUT2D eigenvalue weighted by molar-refractivity contribution is 0.168. The molecule has 0 spiro atoms. The van der Waals surface area contributed by atoms with Crippen LogP contribution in [0.3, 0.4) is 0 Å². The van der Waals surface area contributed by atoms with E-state index in [0.717, 1.165) is 23.6 Å². The number of nitrogens with one attached hydrogen (secondary N) is 1. The van der Waals surface area contributed by atoms with Gasteiger partial charge in [-0.3, -0.25) is 0 Å². The van der Waals surface area contributed by atoms with Gasteiger partial charge in [0.1, 0.15) is 11.6 Å². The van der Waals surface area contributed by atoms with Crippen molar-refractivity contribution in [2.45, 2.75) is 12.1 Å². The first-order valence-electron chi connectivity index (χ1n) is 5.65. The lowest BCUT2D eigenvalue weighted by atomic mass is 10.1. The topological polar surface area (TPSA) is 66.4 Å². The van der Waals surface area contributed by atoms with E-state index >= 15 is 0 Å². The Morgan fingerprint density at radius 3 is 2.79 bits per heavy atom. The summed E-state index contributed by atoms with van der Waals surface area (Å²) in [5.41, 5.74) is -0.155. The molecule has 2 N–H and O–H groups in total. The van der Waals surface area contributed by atoms with Crippen molar-refractivity contribution in [3.8, 4) is 0 Å². The lowest BCUT2D eigenvalue weighted by Crippen LogP contribution is -2.33. The van der Waals surface area contributed by atoms with Crippen LogP contribution in [-0.4, -0.2) is 31.9 Å². The van der Waals surface area contributed by atoms with Crippen LogP contribution in [0, 0.1) is 11.6 Å². The minimum atomic E-state index is -3.18. The van der Waals surface area contributed by atoms with E-state index in [0.29, 0.717) is 0 Å². The molecule has 1 aromatic carbocycles. The van der Waals surface area contributed by atoms with Crippen molar-refractivity contribution in [2.75, 3.05) is 12.3 Å². The first kappa shape index (κ1) is 14.1. The van der Waals surface area contributed by atoms with Crippen LogP contribution in [0.1, 0.15) is 11.7 Å². The number of benzene rings is 1. The zero-order chi connectivity index (χ0) is 14.0. The summed E-state index contributed by atoms with van der Waals surface area (Å²) in [4.78, 5) is 0. The molecule has 0 saturated carbocycles. The fourth-order valence-corrected chi connectivity index (χ4v) is 3.12. The summed E-state index contributed by atoms with van der Waals surface area (Å²) in [5, 5.41) is 13.6. The molecule has 0 fully saturated rings. The third-order valence-corrected chi connectivity index (χ3v) is 4.22. The van der Waals surface area contributed by atoms with Crippen molar-refractivity contribution < 1.29 is 22.3 Å². The van der Waals surface area contributed by atoms with Crippen LogP contribution in [0.25, 0.3) is 0 Å². The third kappa shape index (κ3) is 3.59. The van der Waals surface area contributed by atoms with Gasteiger partial charge in [-0.2, -0.15) is 0 Å². The molecule has 1 aliphatic heterocycles. The average molecular weight is 289 g/mol. The first-order valence-corrected chi connectivity index (χ1v) is 7.36. The van der Waals surface area contributed by atoms with E-state index in [1.54, 1.807) is 0 Å². The number of aliphatic hydroxyl groups excluding tert-OH is 1. The van der Waals surface area contributed by atoms with Crippen LogP contribution in [-0.2, 0) is 9.84 Å². The van der Waals surface area contributed by atoms with Gasteiger partial charge in [0.2, 0.25) is 0 Å². The van der Waals surface area contributed by atoms with E-state index in [-0.39, 0.29) is 17.9 Å². The van der Waals surface area contributed by atoms with Crippen molar-refractivity contribution in [2.24, 2.45) is 0 Å². The van der Waals surface area contributed by atoms with Gasteiger partial charge in [-0.15, -0.1) is 0 Å². The molecule has 104 valence electrons. The van der Waals surface area contributed by atoms with Crippen LogP contribution in [0.15, 0.2) is 29.7 Å². The zero-order valence-corrected chi connectivity index (χ0v) is 10.7. The predicted molar refractivity (Wildman–Crippen MR) is 66.0 cm³/mol. The Kier molecular flexibility index (Phi) is 3.98. The van der Waals surface area contributed by atoms with Gasteiger partial charge in [0.25, 0.3) is 0 Å². The maximum absolute atomic E-state index is 13.4. The number of rotatable bonds is 4. The molecule has 19 heavy (non-hydrogen) atoms. The molecule has 7 heteroatoms. The van der Waals surface area contributed by atoms with Gasteiger partial charge in [0, 0.05) is 23.6 Å². The molecule has 2 atom stereocenters. The van der Waals surface area contributed by atoms with E-state index in [1.807, 2.05) is 0 Å². The van der Waals surface area contributed by atoms with E-state index < -0.39 is 33.6 Å². The van der Waals surface area contributed by atoms with Crippen LogP contribution in [0.4, 0.5) is 8.78 Å². The fraction of sp³-hybridized carbons (Fsp3) is 0.333. The van der Waals surface area contributed by atoms with E-state index in [2.05, 4.69) is 5.32 Å². The number of hydrogen-bond donors (Lipinski definition) is 2. The molecule has 1 aliphatic rings. The predicted octanol–water partition coefficient (Wildman–Crippen LogP) is 0.898. The Hall–Kier alpha value is -1.31. The fourth-order valence-electron chi connectivity index (χ4n) is 1.85. The van der Waals surface area contributed by atoms with Crippen molar-refractivity contribution in [3.63, 3.8) is 0 Å². The van der Waals surface area contributed by atoms with E-state index in [1.165, 1.54) is 6.08 Å². The van der Waals surface area contributed by atoms with Crippen LogP contribution >= 0.6 is 0 Å². The Balaban J connectivity index is 1.97. The van der Waals surface area contributed by atoms with Gasteiger partial charge in [0.15, 0.2) is 9.84 Å². The summed E-state index contributed by atoms with van der Waals surface area (Å²) in [6, 6.07) is 2.40. The molecule has 2 rings (SSSR count). The molecule has 1 aromatic rings. The number of hydrogen-bond acceptors (Lipinski definition) is 4. The van der Waals surface area contributed by atoms with Gasteiger partial charge < -0.3 is 10.4 Å². The summed E-state index contributed by atoms with van der Waals surface area (Å²) in [5.74, 6) is -1.44. The average Bonchev–Trinajstić information content (AvgIpc) is 2.69. The second kappa shape index (κ2) is 5.36. The van der Waals surface area contributed by atoms with Crippen LogP contribution in [0.2, 0.25) is 0 Å². The molecule has 0 aromatic heterocycles. The SMILES string of the molecule is O=S1(=O)C=CC(NCC(O)c2cc(F)ccc2F)C1. The molecule has 1 heterocycles. The molecular formula is C12H13F2NO3S.